The zero-order valence-electron chi connectivity index (χ0n) is 11.0. The third kappa shape index (κ3) is 3.30. The molecule has 2 unspecified atom stereocenters. The maximum absolute atomic E-state index is 11.5. The number of nitrogens with zero attached hydrogens (tertiary/aromatic N) is 2. The molecule has 0 saturated heterocycles. The van der Waals surface area contributed by atoms with E-state index in [4.69, 9.17) is 5.73 Å². The normalized spacial score (nSPS) is 16.5. The van der Waals surface area contributed by atoms with Crippen molar-refractivity contribution in [2.45, 2.75) is 45.7 Å². The molecule has 0 aliphatic rings. The van der Waals surface area contributed by atoms with E-state index in [1.165, 1.54) is 0 Å². The molecule has 1 rings (SSSR count). The van der Waals surface area contributed by atoms with E-state index in [1.54, 1.807) is 0 Å². The smallest absolute Gasteiger partial charge is 0.237 e. The van der Waals surface area contributed by atoms with Crippen LogP contribution in [0.1, 0.15) is 38.9 Å². The van der Waals surface area contributed by atoms with Crippen LogP contribution in [0.25, 0.3) is 0 Å². The van der Waals surface area contributed by atoms with Crippen molar-refractivity contribution in [3.8, 4) is 0 Å². The lowest BCUT2D eigenvalue weighted by Crippen LogP contribution is -2.54. The van der Waals surface area contributed by atoms with Crippen molar-refractivity contribution in [2.75, 3.05) is 6.54 Å². The third-order valence-electron chi connectivity index (χ3n) is 3.01. The number of hydrogen-bond acceptors (Lipinski definition) is 3. The van der Waals surface area contributed by atoms with Gasteiger partial charge in [0.15, 0.2) is 0 Å². The highest BCUT2D eigenvalue weighted by Gasteiger charge is 2.32. The van der Waals surface area contributed by atoms with Gasteiger partial charge in [0.2, 0.25) is 5.91 Å². The number of primary amides is 1. The molecule has 0 aliphatic heterocycles. The molecule has 17 heavy (non-hydrogen) atoms. The zero-order valence-corrected chi connectivity index (χ0v) is 11.0. The van der Waals surface area contributed by atoms with E-state index in [0.717, 1.165) is 5.69 Å². The highest BCUT2D eigenvalue weighted by molar-refractivity contribution is 5.84. The maximum Gasteiger partial charge on any atom is 0.237 e. The average Bonchev–Trinajstić information content (AvgIpc) is 2.65. The van der Waals surface area contributed by atoms with E-state index in [9.17, 15) is 4.79 Å². The summed E-state index contributed by atoms with van der Waals surface area (Å²) in [6.07, 6.45) is 2.55. The SMILES string of the molecule is CCNC(C)(CC(C)n1ccc(C)n1)C(N)=O. The highest BCUT2D eigenvalue weighted by Crippen LogP contribution is 2.20. The van der Waals surface area contributed by atoms with Gasteiger partial charge in [-0.3, -0.25) is 9.48 Å². The lowest BCUT2D eigenvalue weighted by molar-refractivity contribution is -0.124. The monoisotopic (exact) mass is 238 g/mol. The van der Waals surface area contributed by atoms with Gasteiger partial charge in [0.1, 0.15) is 0 Å². The van der Waals surface area contributed by atoms with Crippen molar-refractivity contribution in [2.24, 2.45) is 5.73 Å². The molecule has 0 bridgehead atoms. The summed E-state index contributed by atoms with van der Waals surface area (Å²) in [7, 11) is 0. The first-order valence-corrected chi connectivity index (χ1v) is 5.95. The average molecular weight is 238 g/mol. The second-order valence-electron chi connectivity index (χ2n) is 4.72. The molecule has 0 aliphatic carbocycles. The van der Waals surface area contributed by atoms with Crippen LogP contribution in [0.4, 0.5) is 0 Å². The Balaban J connectivity index is 2.77. The van der Waals surface area contributed by atoms with Gasteiger partial charge in [-0.15, -0.1) is 0 Å². The topological polar surface area (TPSA) is 72.9 Å². The number of aromatic nitrogens is 2. The Morgan fingerprint density at radius 1 is 1.71 bits per heavy atom. The largest absolute Gasteiger partial charge is 0.368 e. The van der Waals surface area contributed by atoms with Gasteiger partial charge >= 0.3 is 0 Å². The van der Waals surface area contributed by atoms with Crippen LogP contribution in [0.3, 0.4) is 0 Å². The van der Waals surface area contributed by atoms with Gasteiger partial charge in [0.25, 0.3) is 0 Å². The highest BCUT2D eigenvalue weighted by atomic mass is 16.1. The summed E-state index contributed by atoms with van der Waals surface area (Å²) in [6.45, 7) is 8.49. The molecule has 0 fully saturated rings. The van der Waals surface area contributed by atoms with Crippen LogP contribution in [0.2, 0.25) is 0 Å². The fourth-order valence-electron chi connectivity index (χ4n) is 2.01. The number of carbonyl (C=O) groups excluding carboxylic acids is 1. The summed E-state index contributed by atoms with van der Waals surface area (Å²) in [4.78, 5) is 11.5. The quantitative estimate of drug-likeness (QED) is 0.776. The fraction of sp³-hybridized carbons (Fsp3) is 0.667. The fourth-order valence-corrected chi connectivity index (χ4v) is 2.01. The molecule has 0 saturated carbocycles. The van der Waals surface area contributed by atoms with Crippen molar-refractivity contribution < 1.29 is 4.79 Å². The summed E-state index contributed by atoms with van der Waals surface area (Å²) in [5, 5.41) is 7.50. The van der Waals surface area contributed by atoms with Crippen LogP contribution in [-0.2, 0) is 4.79 Å². The van der Waals surface area contributed by atoms with Gasteiger partial charge in [-0.1, -0.05) is 6.92 Å². The predicted molar refractivity (Wildman–Crippen MR) is 67.6 cm³/mol. The van der Waals surface area contributed by atoms with E-state index in [1.807, 2.05) is 44.6 Å². The molecule has 0 radical (unpaired) electrons. The predicted octanol–water partition coefficient (Wildman–Crippen LogP) is 0.996. The molecule has 1 aromatic heterocycles. The number of nitrogens with two attached hydrogens (primary N) is 1. The van der Waals surface area contributed by atoms with Crippen LogP contribution in [0.15, 0.2) is 12.3 Å². The first-order valence-electron chi connectivity index (χ1n) is 5.95. The first-order chi connectivity index (χ1) is 7.89. The summed E-state index contributed by atoms with van der Waals surface area (Å²) in [6, 6.07) is 2.07. The number of likely N-dealkylation sites (N-methyl/N-ethyl adjacent to an activating group) is 1. The molecule has 2 atom stereocenters. The van der Waals surface area contributed by atoms with Crippen molar-refractivity contribution in [3.05, 3.63) is 18.0 Å². The minimum Gasteiger partial charge on any atom is -0.368 e. The lowest BCUT2D eigenvalue weighted by Gasteiger charge is -2.30. The van der Waals surface area contributed by atoms with E-state index in [2.05, 4.69) is 10.4 Å². The van der Waals surface area contributed by atoms with Gasteiger partial charge < -0.3 is 11.1 Å². The van der Waals surface area contributed by atoms with Gasteiger partial charge in [-0.25, -0.2) is 0 Å². The van der Waals surface area contributed by atoms with Gasteiger partial charge in [-0.2, -0.15) is 5.10 Å². The molecular formula is C12H22N4O. The third-order valence-corrected chi connectivity index (χ3v) is 3.01. The Bertz CT molecular complexity index is 388. The van der Waals surface area contributed by atoms with E-state index >= 15 is 0 Å². The maximum atomic E-state index is 11.5. The van der Waals surface area contributed by atoms with Crippen LogP contribution < -0.4 is 11.1 Å². The van der Waals surface area contributed by atoms with E-state index in [0.29, 0.717) is 13.0 Å². The molecular weight excluding hydrogens is 216 g/mol. The summed E-state index contributed by atoms with van der Waals surface area (Å²) in [5.41, 5.74) is 5.74. The summed E-state index contributed by atoms with van der Waals surface area (Å²) >= 11 is 0. The number of amides is 1. The molecule has 0 spiro atoms. The molecule has 1 heterocycles. The van der Waals surface area contributed by atoms with E-state index < -0.39 is 5.54 Å². The second-order valence-corrected chi connectivity index (χ2v) is 4.72. The Morgan fingerprint density at radius 2 is 2.35 bits per heavy atom. The van der Waals surface area contributed by atoms with Crippen LogP contribution in [-0.4, -0.2) is 27.8 Å². The van der Waals surface area contributed by atoms with Crippen molar-refractivity contribution >= 4 is 5.91 Å². The minimum atomic E-state index is -0.686. The Hall–Kier alpha value is -1.36. The second kappa shape index (κ2) is 5.31. The van der Waals surface area contributed by atoms with Gasteiger partial charge in [0.05, 0.1) is 17.3 Å². The zero-order chi connectivity index (χ0) is 13.1. The molecule has 1 amide bonds. The van der Waals surface area contributed by atoms with E-state index in [-0.39, 0.29) is 11.9 Å². The number of nitrogens with one attached hydrogen (secondary N) is 1. The van der Waals surface area contributed by atoms with Crippen LogP contribution in [0, 0.1) is 6.92 Å². The number of hydrogen-bond donors (Lipinski definition) is 2. The van der Waals surface area contributed by atoms with Crippen LogP contribution in [0.5, 0.6) is 0 Å². The molecule has 3 N–H and O–H groups in total. The van der Waals surface area contributed by atoms with Crippen molar-refractivity contribution in [1.29, 1.82) is 0 Å². The van der Waals surface area contributed by atoms with Crippen LogP contribution >= 0.6 is 0 Å². The summed E-state index contributed by atoms with van der Waals surface area (Å²) in [5.74, 6) is -0.324. The summed E-state index contributed by atoms with van der Waals surface area (Å²) < 4.78 is 1.87. The molecule has 1 aromatic rings. The van der Waals surface area contributed by atoms with Crippen molar-refractivity contribution in [1.82, 2.24) is 15.1 Å². The molecule has 5 heteroatoms. The molecule has 5 nitrogen and oxygen atoms in total. The number of aryl methyl sites for hydroxylation is 1. The molecule has 96 valence electrons. The lowest BCUT2D eigenvalue weighted by atomic mass is 9.93. The Morgan fingerprint density at radius 3 is 2.76 bits per heavy atom. The minimum absolute atomic E-state index is 0.125. The Labute approximate surface area is 102 Å². The number of rotatable bonds is 6. The molecule has 0 aromatic carbocycles. The Kier molecular flexibility index (Phi) is 4.28. The van der Waals surface area contributed by atoms with Gasteiger partial charge in [-0.05, 0) is 39.8 Å². The number of carbonyl (C=O) groups is 1. The first kappa shape index (κ1) is 13.7. The van der Waals surface area contributed by atoms with Crippen molar-refractivity contribution in [3.63, 3.8) is 0 Å². The standard InChI is InChI=1S/C12H22N4O/c1-5-14-12(4,11(13)17)8-10(3)16-7-6-9(2)15-16/h6-7,10,14H,5,8H2,1-4H3,(H2,13,17). The van der Waals surface area contributed by atoms with Gasteiger partial charge in [0, 0.05) is 6.20 Å².